The third kappa shape index (κ3) is 5.56. The Balaban J connectivity index is 1.88. The summed E-state index contributed by atoms with van der Waals surface area (Å²) in [5.74, 6) is -0.124. The first-order valence-corrected chi connectivity index (χ1v) is 9.01. The fraction of sp³-hybridized carbons (Fsp3) is 0.389. The van der Waals surface area contributed by atoms with Crippen molar-refractivity contribution in [2.45, 2.75) is 33.6 Å². The van der Waals surface area contributed by atoms with Gasteiger partial charge in [0.05, 0.1) is 12.3 Å². The Labute approximate surface area is 151 Å². The number of carbonyl (C=O) groups excluding carboxylic acids is 2. The number of carbonyl (C=O) groups is 2. The summed E-state index contributed by atoms with van der Waals surface area (Å²) in [7, 11) is 0. The van der Waals surface area contributed by atoms with Crippen LogP contribution in [0.15, 0.2) is 24.3 Å². The van der Waals surface area contributed by atoms with Crippen LogP contribution in [0.2, 0.25) is 0 Å². The number of anilines is 1. The van der Waals surface area contributed by atoms with Crippen molar-refractivity contribution in [2.24, 2.45) is 0 Å². The highest BCUT2D eigenvalue weighted by molar-refractivity contribution is 7.17. The molecule has 134 valence electrons. The van der Waals surface area contributed by atoms with Crippen LogP contribution >= 0.6 is 11.3 Å². The Hall–Kier alpha value is -2.41. The number of hydrogen-bond acceptors (Lipinski definition) is 6. The third-order valence-electron chi connectivity index (χ3n) is 3.34. The monoisotopic (exact) mass is 362 g/mol. The maximum absolute atomic E-state index is 12.0. The zero-order valence-corrected chi connectivity index (χ0v) is 15.4. The van der Waals surface area contributed by atoms with E-state index >= 15 is 0 Å². The topological polar surface area (TPSA) is 77.5 Å². The first kappa shape index (κ1) is 18.9. The second-order valence-electron chi connectivity index (χ2n) is 5.38. The molecule has 0 fully saturated rings. The van der Waals surface area contributed by atoms with E-state index in [1.165, 1.54) is 5.56 Å². The van der Waals surface area contributed by atoms with Gasteiger partial charge in [0.15, 0.2) is 11.7 Å². The highest BCUT2D eigenvalue weighted by Crippen LogP contribution is 2.23. The average molecular weight is 362 g/mol. The summed E-state index contributed by atoms with van der Waals surface area (Å²) in [5.41, 5.74) is 1.77. The second-order valence-corrected chi connectivity index (χ2v) is 6.38. The molecule has 1 N–H and O–H groups in total. The molecule has 6 nitrogen and oxygen atoms in total. The van der Waals surface area contributed by atoms with E-state index < -0.39 is 5.97 Å². The highest BCUT2D eigenvalue weighted by Gasteiger charge is 2.17. The molecule has 0 saturated heterocycles. The van der Waals surface area contributed by atoms with Gasteiger partial charge in [-0.1, -0.05) is 36.8 Å². The number of aromatic nitrogens is 1. The minimum absolute atomic E-state index is 0.125. The predicted octanol–water partition coefficient (Wildman–Crippen LogP) is 3.60. The van der Waals surface area contributed by atoms with E-state index in [2.05, 4.69) is 17.2 Å². The normalized spacial score (nSPS) is 10.4. The van der Waals surface area contributed by atoms with E-state index in [1.807, 2.05) is 24.3 Å². The lowest BCUT2D eigenvalue weighted by molar-refractivity contribution is -0.118. The van der Waals surface area contributed by atoms with Gasteiger partial charge in [0.2, 0.25) is 0 Å². The van der Waals surface area contributed by atoms with E-state index in [4.69, 9.17) is 9.47 Å². The molecule has 1 amide bonds. The first-order valence-electron chi connectivity index (χ1n) is 8.19. The number of rotatable bonds is 8. The molecular formula is C18H22N2O4S. The molecule has 0 unspecified atom stereocenters. The molecule has 2 rings (SSSR count). The van der Waals surface area contributed by atoms with Gasteiger partial charge in [-0.05, 0) is 38.0 Å². The summed E-state index contributed by atoms with van der Waals surface area (Å²) in [5, 5.41) is 2.99. The Bertz CT molecular complexity index is 725. The molecule has 0 saturated carbocycles. The highest BCUT2D eigenvalue weighted by atomic mass is 32.1. The van der Waals surface area contributed by atoms with Crippen molar-refractivity contribution in [1.82, 2.24) is 4.98 Å². The third-order valence-corrected chi connectivity index (χ3v) is 4.39. The lowest BCUT2D eigenvalue weighted by Gasteiger charge is -2.06. The Morgan fingerprint density at radius 3 is 2.56 bits per heavy atom. The Kier molecular flexibility index (Phi) is 6.94. The molecule has 1 heterocycles. The zero-order valence-electron chi connectivity index (χ0n) is 14.6. The fourth-order valence-electron chi connectivity index (χ4n) is 2.18. The van der Waals surface area contributed by atoms with Crippen LogP contribution in [0.5, 0.6) is 5.75 Å². The molecule has 0 aliphatic heterocycles. The molecule has 0 atom stereocenters. The maximum atomic E-state index is 12.0. The lowest BCUT2D eigenvalue weighted by Crippen LogP contribution is -2.20. The van der Waals surface area contributed by atoms with Gasteiger partial charge in [0.1, 0.15) is 10.6 Å². The summed E-state index contributed by atoms with van der Waals surface area (Å²) >= 11 is 1.09. The smallest absolute Gasteiger partial charge is 0.350 e. The zero-order chi connectivity index (χ0) is 18.2. The summed E-state index contributed by atoms with van der Waals surface area (Å²) in [6, 6.07) is 7.69. The number of nitrogens with zero attached hydrogens (tertiary/aromatic N) is 1. The van der Waals surface area contributed by atoms with E-state index in [9.17, 15) is 9.59 Å². The van der Waals surface area contributed by atoms with Crippen molar-refractivity contribution in [2.75, 3.05) is 18.5 Å². The molecule has 0 aliphatic carbocycles. The number of aryl methyl sites for hydroxylation is 2. The van der Waals surface area contributed by atoms with Crippen molar-refractivity contribution < 1.29 is 19.1 Å². The number of ether oxygens (including phenoxy) is 2. The van der Waals surface area contributed by atoms with Gasteiger partial charge in [-0.15, -0.1) is 0 Å². The van der Waals surface area contributed by atoms with E-state index in [0.717, 1.165) is 24.2 Å². The van der Waals surface area contributed by atoms with Gasteiger partial charge in [-0.2, -0.15) is 0 Å². The first-order chi connectivity index (χ1) is 12.0. The van der Waals surface area contributed by atoms with Crippen molar-refractivity contribution in [3.63, 3.8) is 0 Å². The molecule has 1 aromatic heterocycles. The van der Waals surface area contributed by atoms with E-state index in [0.29, 0.717) is 28.1 Å². The van der Waals surface area contributed by atoms with Crippen LogP contribution in [0.25, 0.3) is 0 Å². The van der Waals surface area contributed by atoms with Crippen molar-refractivity contribution in [3.05, 3.63) is 40.4 Å². The predicted molar refractivity (Wildman–Crippen MR) is 97.4 cm³/mol. The van der Waals surface area contributed by atoms with Gasteiger partial charge in [-0.25, -0.2) is 9.78 Å². The van der Waals surface area contributed by atoms with Gasteiger partial charge < -0.3 is 9.47 Å². The lowest BCUT2D eigenvalue weighted by atomic mass is 10.1. The van der Waals surface area contributed by atoms with Gasteiger partial charge in [0, 0.05) is 0 Å². The van der Waals surface area contributed by atoms with Crippen LogP contribution < -0.4 is 10.1 Å². The number of thiazole rings is 1. The number of nitrogens with one attached hydrogen (secondary N) is 1. The molecule has 2 aromatic rings. The van der Waals surface area contributed by atoms with Crippen LogP contribution in [0.4, 0.5) is 5.13 Å². The SMILES string of the molecule is CCCc1ccc(OCC(=O)Nc2nc(C)c(C(=O)OCC)s2)cc1. The Morgan fingerprint density at radius 1 is 1.20 bits per heavy atom. The van der Waals surface area contributed by atoms with Crippen LogP contribution in [-0.2, 0) is 16.0 Å². The van der Waals surface area contributed by atoms with Crippen LogP contribution in [0.1, 0.15) is 41.2 Å². The van der Waals surface area contributed by atoms with Crippen molar-refractivity contribution in [1.29, 1.82) is 0 Å². The van der Waals surface area contributed by atoms with E-state index in [1.54, 1.807) is 13.8 Å². The number of amides is 1. The molecule has 7 heteroatoms. The minimum Gasteiger partial charge on any atom is -0.484 e. The van der Waals surface area contributed by atoms with Crippen LogP contribution in [0, 0.1) is 6.92 Å². The number of hydrogen-bond donors (Lipinski definition) is 1. The largest absolute Gasteiger partial charge is 0.484 e. The van der Waals surface area contributed by atoms with Gasteiger partial charge in [-0.3, -0.25) is 10.1 Å². The summed E-state index contributed by atoms with van der Waals surface area (Å²) in [6.07, 6.45) is 2.11. The molecule has 0 bridgehead atoms. The second kappa shape index (κ2) is 9.17. The quantitative estimate of drug-likeness (QED) is 0.726. The number of benzene rings is 1. The molecule has 0 aliphatic rings. The summed E-state index contributed by atoms with van der Waals surface area (Å²) in [6.45, 7) is 5.74. The molecule has 1 aromatic carbocycles. The Morgan fingerprint density at radius 2 is 1.92 bits per heavy atom. The summed E-state index contributed by atoms with van der Waals surface area (Å²) in [4.78, 5) is 28.3. The van der Waals surface area contributed by atoms with E-state index in [-0.39, 0.29) is 12.5 Å². The standard InChI is InChI=1S/C18H22N2O4S/c1-4-6-13-7-9-14(10-8-13)24-11-15(21)20-18-19-12(3)16(25-18)17(22)23-5-2/h7-10H,4-6,11H2,1-3H3,(H,19,20,21). The van der Waals surface area contributed by atoms with Gasteiger partial charge >= 0.3 is 5.97 Å². The van der Waals surface area contributed by atoms with Crippen LogP contribution in [-0.4, -0.2) is 30.1 Å². The molecule has 0 spiro atoms. The molecular weight excluding hydrogens is 340 g/mol. The number of esters is 1. The molecule has 25 heavy (non-hydrogen) atoms. The minimum atomic E-state index is -0.429. The molecule has 0 radical (unpaired) electrons. The van der Waals surface area contributed by atoms with Crippen LogP contribution in [0.3, 0.4) is 0 Å². The van der Waals surface area contributed by atoms with Crippen molar-refractivity contribution in [3.8, 4) is 5.75 Å². The fourth-order valence-corrected chi connectivity index (χ4v) is 3.06. The van der Waals surface area contributed by atoms with Gasteiger partial charge in [0.25, 0.3) is 5.91 Å². The van der Waals surface area contributed by atoms with Crippen molar-refractivity contribution >= 4 is 28.3 Å². The summed E-state index contributed by atoms with van der Waals surface area (Å²) < 4.78 is 10.4. The average Bonchev–Trinajstić information content (AvgIpc) is 2.95. The maximum Gasteiger partial charge on any atom is 0.350 e.